The maximum atomic E-state index is 7.15. The van der Waals surface area contributed by atoms with Crippen LogP contribution in [0.5, 0.6) is 0 Å². The van der Waals surface area contributed by atoms with Gasteiger partial charge in [0.15, 0.2) is 0 Å². The second-order valence-corrected chi connectivity index (χ2v) is 2.40. The van der Waals surface area contributed by atoms with Crippen LogP contribution >= 0.6 is 22.6 Å². The fraction of sp³-hybridized carbons (Fsp3) is 0. The Morgan fingerprint density at radius 2 is 2.00 bits per heavy atom. The molecule has 0 aromatic heterocycles. The predicted octanol–water partition coefficient (Wildman–Crippen LogP) is 2.29. The Labute approximate surface area is 59.5 Å². The summed E-state index contributed by atoms with van der Waals surface area (Å²) in [7, 11) is 0. The number of hydrogen-bond acceptors (Lipinski definition) is 0. The van der Waals surface area contributed by atoms with Gasteiger partial charge in [-0.25, -0.2) is 0 Å². The molecule has 0 saturated carbocycles. The molecule has 0 atom stereocenters. The average Bonchev–Trinajstić information content (AvgIpc) is 1.59. The first-order valence-electron chi connectivity index (χ1n) is 2.92. The van der Waals surface area contributed by atoms with Crippen molar-refractivity contribution >= 4 is 22.6 Å². The van der Waals surface area contributed by atoms with E-state index >= 15 is 0 Å². The second kappa shape index (κ2) is 2.31. The van der Waals surface area contributed by atoms with E-state index in [1.54, 1.807) is 12.1 Å². The summed E-state index contributed by atoms with van der Waals surface area (Å²) >= 11 is 2.09. The molecule has 0 amide bonds. The molecule has 0 radical (unpaired) electrons. The van der Waals surface area contributed by atoms with Gasteiger partial charge in [-0.3, -0.25) is 0 Å². The zero-order valence-electron chi connectivity index (χ0n) is 5.61. The SMILES string of the molecule is [2H]c1cc([2H])cc(I)c1. The van der Waals surface area contributed by atoms with Crippen molar-refractivity contribution in [2.24, 2.45) is 0 Å². The van der Waals surface area contributed by atoms with E-state index in [0.29, 0.717) is 12.1 Å². The lowest BCUT2D eigenvalue weighted by Gasteiger charge is -1.80. The lowest BCUT2D eigenvalue weighted by molar-refractivity contribution is 1.65. The molecular weight excluding hydrogens is 199 g/mol. The van der Waals surface area contributed by atoms with Crippen LogP contribution in [0.3, 0.4) is 0 Å². The number of rotatable bonds is 0. The van der Waals surface area contributed by atoms with Crippen molar-refractivity contribution in [3.63, 3.8) is 0 Å². The van der Waals surface area contributed by atoms with Gasteiger partial charge in [-0.1, -0.05) is 18.2 Å². The van der Waals surface area contributed by atoms with Crippen LogP contribution in [0.15, 0.2) is 30.3 Å². The lowest BCUT2D eigenvalue weighted by atomic mass is 10.4. The van der Waals surface area contributed by atoms with Crippen molar-refractivity contribution in [2.75, 3.05) is 0 Å². The van der Waals surface area contributed by atoms with Crippen LogP contribution < -0.4 is 0 Å². The van der Waals surface area contributed by atoms with Crippen LogP contribution in [-0.4, -0.2) is 0 Å². The van der Waals surface area contributed by atoms with Crippen molar-refractivity contribution in [3.8, 4) is 0 Å². The van der Waals surface area contributed by atoms with Gasteiger partial charge in [0.2, 0.25) is 0 Å². The van der Waals surface area contributed by atoms with E-state index in [0.717, 1.165) is 3.57 Å². The summed E-state index contributed by atoms with van der Waals surface area (Å²) in [5.41, 5.74) is 0. The molecule has 0 aliphatic heterocycles. The fourth-order valence-corrected chi connectivity index (χ4v) is 0.692. The van der Waals surface area contributed by atoms with Gasteiger partial charge in [-0.15, -0.1) is 0 Å². The van der Waals surface area contributed by atoms with Crippen molar-refractivity contribution in [1.82, 2.24) is 0 Å². The van der Waals surface area contributed by atoms with Crippen LogP contribution in [0.2, 0.25) is 0 Å². The number of halogens is 1. The Hall–Kier alpha value is -0.0500. The van der Waals surface area contributed by atoms with Crippen LogP contribution in [-0.2, 0) is 0 Å². The third kappa shape index (κ3) is 1.47. The maximum Gasteiger partial charge on any atom is 0.0623 e. The molecule has 0 aliphatic carbocycles. The van der Waals surface area contributed by atoms with Crippen LogP contribution in [0.4, 0.5) is 0 Å². The smallest absolute Gasteiger partial charge is 0.0622 e. The molecule has 0 nitrogen and oxygen atoms in total. The summed E-state index contributed by atoms with van der Waals surface area (Å²) in [6.45, 7) is 0. The van der Waals surface area contributed by atoms with Crippen molar-refractivity contribution in [2.45, 2.75) is 0 Å². The van der Waals surface area contributed by atoms with Crippen LogP contribution in [0.25, 0.3) is 0 Å². The third-order valence-electron chi connectivity index (χ3n) is 0.609. The summed E-state index contributed by atoms with van der Waals surface area (Å²) in [6.07, 6.45) is 0. The van der Waals surface area contributed by atoms with E-state index in [1.165, 1.54) is 6.07 Å². The van der Waals surface area contributed by atoms with Gasteiger partial charge in [0.25, 0.3) is 0 Å². The fourth-order valence-electron chi connectivity index (χ4n) is 0.332. The minimum atomic E-state index is 0.409. The minimum Gasteiger partial charge on any atom is -0.0622 e. The molecule has 1 aromatic rings. The molecule has 1 aromatic carbocycles. The second-order valence-electron chi connectivity index (χ2n) is 1.15. The first-order valence-corrected chi connectivity index (χ1v) is 3.00. The highest BCUT2D eigenvalue weighted by molar-refractivity contribution is 14.1. The van der Waals surface area contributed by atoms with Crippen LogP contribution in [0.1, 0.15) is 2.74 Å². The molecule has 0 N–H and O–H groups in total. The zero-order valence-corrected chi connectivity index (χ0v) is 5.77. The number of benzene rings is 1. The molecule has 36 valence electrons. The summed E-state index contributed by atoms with van der Waals surface area (Å²) in [5.74, 6) is 0. The summed E-state index contributed by atoms with van der Waals surface area (Å²) in [5, 5.41) is 0. The Kier molecular flexibility index (Phi) is 1.01. The van der Waals surface area contributed by atoms with Gasteiger partial charge >= 0.3 is 0 Å². The molecule has 1 rings (SSSR count). The first kappa shape index (κ1) is 3.07. The van der Waals surface area contributed by atoms with E-state index in [9.17, 15) is 0 Å². The summed E-state index contributed by atoms with van der Waals surface area (Å²) in [4.78, 5) is 0. The highest BCUT2D eigenvalue weighted by Gasteiger charge is 1.74. The summed E-state index contributed by atoms with van der Waals surface area (Å²) in [6, 6.07) is 5.78. The zero-order chi connectivity index (χ0) is 6.85. The molecule has 0 unspecified atom stereocenters. The molecule has 0 fully saturated rings. The van der Waals surface area contributed by atoms with E-state index in [2.05, 4.69) is 22.6 Å². The Balaban J connectivity index is 3.17. The molecule has 0 aliphatic rings. The Morgan fingerprint density at radius 3 is 2.43 bits per heavy atom. The van der Waals surface area contributed by atoms with Crippen molar-refractivity contribution in [1.29, 1.82) is 0 Å². The number of hydrogen-bond donors (Lipinski definition) is 0. The molecule has 0 saturated heterocycles. The van der Waals surface area contributed by atoms with Crippen molar-refractivity contribution in [3.05, 3.63) is 33.9 Å². The highest BCUT2D eigenvalue weighted by Crippen LogP contribution is 1.99. The molecular formula is C6H5I. The molecule has 0 heterocycles. The lowest BCUT2D eigenvalue weighted by Crippen LogP contribution is -1.61. The van der Waals surface area contributed by atoms with E-state index in [4.69, 9.17) is 2.74 Å². The van der Waals surface area contributed by atoms with Gasteiger partial charge < -0.3 is 0 Å². The standard InChI is InChI=1S/C6H5I/c7-6-4-2-1-3-5-6/h1-5H/i2D,3D. The molecule has 7 heavy (non-hydrogen) atoms. The van der Waals surface area contributed by atoms with Crippen molar-refractivity contribution < 1.29 is 2.74 Å². The normalized spacial score (nSPS) is 12.7. The molecule has 1 heteroatoms. The third-order valence-corrected chi connectivity index (χ3v) is 1.23. The molecule has 0 bridgehead atoms. The van der Waals surface area contributed by atoms with Gasteiger partial charge in [0.1, 0.15) is 0 Å². The monoisotopic (exact) mass is 206 g/mol. The van der Waals surface area contributed by atoms with E-state index in [-0.39, 0.29) is 0 Å². The van der Waals surface area contributed by atoms with E-state index in [1.807, 2.05) is 0 Å². The van der Waals surface area contributed by atoms with Gasteiger partial charge in [-0.2, -0.15) is 0 Å². The van der Waals surface area contributed by atoms with E-state index < -0.39 is 0 Å². The average molecular weight is 206 g/mol. The first-order chi connectivity index (χ1) is 4.18. The Bertz CT molecular complexity index is 172. The van der Waals surface area contributed by atoms with Crippen LogP contribution in [0, 0.1) is 3.57 Å². The quantitative estimate of drug-likeness (QED) is 0.571. The van der Waals surface area contributed by atoms with Gasteiger partial charge in [0, 0.05) is 3.57 Å². The topological polar surface area (TPSA) is 0 Å². The summed E-state index contributed by atoms with van der Waals surface area (Å²) < 4.78 is 15.3. The van der Waals surface area contributed by atoms with Gasteiger partial charge in [-0.05, 0) is 34.7 Å². The largest absolute Gasteiger partial charge is 0.0623 e. The Morgan fingerprint density at radius 1 is 1.43 bits per heavy atom. The van der Waals surface area contributed by atoms with Gasteiger partial charge in [0.05, 0.1) is 2.74 Å². The highest BCUT2D eigenvalue weighted by atomic mass is 127. The predicted molar refractivity (Wildman–Crippen MR) is 39.2 cm³/mol. The molecule has 0 spiro atoms. The maximum absolute atomic E-state index is 7.15. The minimum absolute atomic E-state index is 0.409.